The highest BCUT2D eigenvalue weighted by Crippen LogP contribution is 2.35. The first-order valence-electron chi connectivity index (χ1n) is 10.6. The molecule has 3 rings (SSSR count). The highest BCUT2D eigenvalue weighted by Gasteiger charge is 2.28. The zero-order chi connectivity index (χ0) is 19.9. The predicted octanol–water partition coefficient (Wildman–Crippen LogP) is 5.98. The number of hydrogen-bond acceptors (Lipinski definition) is 3. The van der Waals surface area contributed by atoms with E-state index in [0.29, 0.717) is 31.1 Å². The molecule has 0 bridgehead atoms. The number of halogens is 2. The smallest absolute Gasteiger partial charge is 0.200 e. The van der Waals surface area contributed by atoms with Crippen LogP contribution in [0.3, 0.4) is 0 Å². The molecule has 5 heteroatoms. The fourth-order valence-electron chi connectivity index (χ4n) is 4.30. The summed E-state index contributed by atoms with van der Waals surface area (Å²) in [5.41, 5.74) is 0.363. The third-order valence-electron chi connectivity index (χ3n) is 5.92. The van der Waals surface area contributed by atoms with Crippen LogP contribution in [0.25, 0.3) is 0 Å². The Morgan fingerprint density at radius 1 is 1.07 bits per heavy atom. The minimum Gasteiger partial charge on any atom is -0.491 e. The van der Waals surface area contributed by atoms with Gasteiger partial charge in [-0.3, -0.25) is 0 Å². The Morgan fingerprint density at radius 3 is 2.50 bits per heavy atom. The van der Waals surface area contributed by atoms with E-state index in [1.54, 1.807) is 13.0 Å². The zero-order valence-corrected chi connectivity index (χ0v) is 17.0. The molecule has 0 aromatic heterocycles. The molecule has 1 saturated heterocycles. The Hall–Kier alpha value is -1.46. The molecule has 2 unspecified atom stereocenters. The maximum absolute atomic E-state index is 14.4. The summed E-state index contributed by atoms with van der Waals surface area (Å²) in [7, 11) is 0. The monoisotopic (exact) mass is 394 g/mol. The van der Waals surface area contributed by atoms with Gasteiger partial charge in [-0.15, -0.1) is 0 Å². The highest BCUT2D eigenvalue weighted by molar-refractivity contribution is 5.33. The van der Waals surface area contributed by atoms with E-state index in [-0.39, 0.29) is 18.0 Å². The molecule has 2 aliphatic rings. The summed E-state index contributed by atoms with van der Waals surface area (Å²) in [5.74, 6) is -0.604. The Labute approximate surface area is 167 Å². The molecule has 0 N–H and O–H groups in total. The van der Waals surface area contributed by atoms with Crippen molar-refractivity contribution < 1.29 is 23.0 Å². The predicted molar refractivity (Wildman–Crippen MR) is 105 cm³/mol. The molecule has 1 saturated carbocycles. The van der Waals surface area contributed by atoms with Gasteiger partial charge >= 0.3 is 0 Å². The zero-order valence-electron chi connectivity index (χ0n) is 17.0. The third kappa shape index (κ3) is 5.32. The maximum atomic E-state index is 14.4. The number of ether oxygens (including phenoxy) is 3. The first-order valence-corrected chi connectivity index (χ1v) is 10.6. The molecule has 28 heavy (non-hydrogen) atoms. The van der Waals surface area contributed by atoms with E-state index in [9.17, 15) is 8.78 Å². The SMILES string of the molecule is CC=CC1CCC(COC2CCC(c3ccc(OCC)c(F)c3F)CO2)CC1. The summed E-state index contributed by atoms with van der Waals surface area (Å²) in [6.45, 7) is 5.20. The number of hydrogen-bond donors (Lipinski definition) is 0. The standard InChI is InChI=1S/C23H32F2O3/c1-3-5-16-6-8-17(9-7-16)14-27-21-13-10-18(15-28-21)19-11-12-20(26-4-2)23(25)22(19)24/h3,5,11-12,16-18,21H,4,6-10,13-15H2,1-2H3. The molecule has 1 heterocycles. The van der Waals surface area contributed by atoms with Crippen molar-refractivity contribution in [2.24, 2.45) is 11.8 Å². The van der Waals surface area contributed by atoms with Gasteiger partial charge in [0.2, 0.25) is 5.82 Å². The second-order valence-corrected chi connectivity index (χ2v) is 7.89. The van der Waals surface area contributed by atoms with Crippen LogP contribution >= 0.6 is 0 Å². The first kappa shape index (κ1) is 21.3. The van der Waals surface area contributed by atoms with Gasteiger partial charge in [-0.1, -0.05) is 18.2 Å². The van der Waals surface area contributed by atoms with Crippen molar-refractivity contribution in [3.63, 3.8) is 0 Å². The van der Waals surface area contributed by atoms with Crippen LogP contribution in [0.4, 0.5) is 8.78 Å². The van der Waals surface area contributed by atoms with Crippen LogP contribution in [0.1, 0.15) is 63.9 Å². The molecule has 2 fully saturated rings. The minimum absolute atomic E-state index is 0.0363. The van der Waals surface area contributed by atoms with Crippen LogP contribution in [0.15, 0.2) is 24.3 Å². The summed E-state index contributed by atoms with van der Waals surface area (Å²) in [4.78, 5) is 0. The number of allylic oxidation sites excluding steroid dienone is 2. The van der Waals surface area contributed by atoms with Gasteiger partial charge < -0.3 is 14.2 Å². The second-order valence-electron chi connectivity index (χ2n) is 7.89. The largest absolute Gasteiger partial charge is 0.491 e. The fraction of sp³-hybridized carbons (Fsp3) is 0.652. The van der Waals surface area contributed by atoms with E-state index in [4.69, 9.17) is 14.2 Å². The quantitative estimate of drug-likeness (QED) is 0.532. The van der Waals surface area contributed by atoms with Gasteiger partial charge in [0.15, 0.2) is 17.9 Å². The van der Waals surface area contributed by atoms with Gasteiger partial charge in [-0.25, -0.2) is 4.39 Å². The van der Waals surface area contributed by atoms with Crippen LogP contribution < -0.4 is 4.74 Å². The van der Waals surface area contributed by atoms with Gasteiger partial charge in [-0.05, 0) is 75.8 Å². The normalized spacial score (nSPS) is 28.6. The Bertz CT molecular complexity index is 645. The average molecular weight is 395 g/mol. The van der Waals surface area contributed by atoms with Crippen molar-refractivity contribution in [3.05, 3.63) is 41.5 Å². The van der Waals surface area contributed by atoms with E-state index in [1.165, 1.54) is 31.7 Å². The lowest BCUT2D eigenvalue weighted by atomic mass is 9.82. The van der Waals surface area contributed by atoms with Crippen LogP contribution in [0, 0.1) is 23.5 Å². The average Bonchev–Trinajstić information content (AvgIpc) is 2.72. The van der Waals surface area contributed by atoms with Crippen LogP contribution in [-0.4, -0.2) is 26.1 Å². The van der Waals surface area contributed by atoms with Crippen molar-refractivity contribution in [1.82, 2.24) is 0 Å². The van der Waals surface area contributed by atoms with E-state index < -0.39 is 11.6 Å². The maximum Gasteiger partial charge on any atom is 0.200 e. The van der Waals surface area contributed by atoms with Gasteiger partial charge in [0.05, 0.1) is 19.8 Å². The van der Waals surface area contributed by atoms with E-state index in [1.807, 2.05) is 0 Å². The van der Waals surface area contributed by atoms with Crippen molar-refractivity contribution in [3.8, 4) is 5.75 Å². The molecule has 1 aliphatic carbocycles. The summed E-state index contributed by atoms with van der Waals surface area (Å²) in [6.07, 6.45) is 10.5. The molecule has 1 aromatic carbocycles. The molecule has 1 aromatic rings. The van der Waals surface area contributed by atoms with E-state index in [0.717, 1.165) is 18.9 Å². The summed E-state index contributed by atoms with van der Waals surface area (Å²) in [5, 5.41) is 0. The lowest BCUT2D eigenvalue weighted by Gasteiger charge is -2.32. The third-order valence-corrected chi connectivity index (χ3v) is 5.92. The molecular weight excluding hydrogens is 362 g/mol. The van der Waals surface area contributed by atoms with Gasteiger partial charge in [0.25, 0.3) is 0 Å². The van der Waals surface area contributed by atoms with Crippen LogP contribution in [0.5, 0.6) is 5.75 Å². The molecule has 0 spiro atoms. The summed E-state index contributed by atoms with van der Waals surface area (Å²) in [6, 6.07) is 3.12. The highest BCUT2D eigenvalue weighted by atomic mass is 19.2. The topological polar surface area (TPSA) is 27.7 Å². The second kappa shape index (κ2) is 10.4. The number of rotatable bonds is 7. The van der Waals surface area contributed by atoms with Crippen molar-refractivity contribution in [1.29, 1.82) is 0 Å². The summed E-state index contributed by atoms with van der Waals surface area (Å²) >= 11 is 0. The molecule has 1 aliphatic heterocycles. The molecule has 0 radical (unpaired) electrons. The van der Waals surface area contributed by atoms with Gasteiger partial charge in [0.1, 0.15) is 0 Å². The van der Waals surface area contributed by atoms with Crippen LogP contribution in [-0.2, 0) is 9.47 Å². The molecule has 156 valence electrons. The van der Waals surface area contributed by atoms with Crippen LogP contribution in [0.2, 0.25) is 0 Å². The van der Waals surface area contributed by atoms with E-state index >= 15 is 0 Å². The van der Waals surface area contributed by atoms with Gasteiger partial charge in [-0.2, -0.15) is 4.39 Å². The molecular formula is C23H32F2O3. The lowest BCUT2D eigenvalue weighted by Crippen LogP contribution is -2.30. The van der Waals surface area contributed by atoms with Gasteiger partial charge in [0, 0.05) is 5.92 Å². The van der Waals surface area contributed by atoms with Crippen molar-refractivity contribution >= 4 is 0 Å². The first-order chi connectivity index (χ1) is 13.6. The van der Waals surface area contributed by atoms with E-state index in [2.05, 4.69) is 19.1 Å². The molecule has 3 nitrogen and oxygen atoms in total. The Kier molecular flexibility index (Phi) is 7.86. The Morgan fingerprint density at radius 2 is 1.86 bits per heavy atom. The number of benzene rings is 1. The van der Waals surface area contributed by atoms with Crippen molar-refractivity contribution in [2.75, 3.05) is 19.8 Å². The van der Waals surface area contributed by atoms with Crippen molar-refractivity contribution in [2.45, 2.75) is 64.6 Å². The summed E-state index contributed by atoms with van der Waals surface area (Å²) < 4.78 is 45.4. The molecule has 0 amide bonds. The lowest BCUT2D eigenvalue weighted by molar-refractivity contribution is -0.175. The molecule has 2 atom stereocenters. The minimum atomic E-state index is -0.911. The fourth-order valence-corrected chi connectivity index (χ4v) is 4.30. The Balaban J connectivity index is 1.44.